The second-order valence-corrected chi connectivity index (χ2v) is 6.82. The van der Waals surface area contributed by atoms with Crippen LogP contribution in [0.15, 0.2) is 31.0 Å². The summed E-state index contributed by atoms with van der Waals surface area (Å²) in [5, 5.41) is 19.3. The number of imidazole rings is 1. The Hall–Kier alpha value is -2.12. The minimum absolute atomic E-state index is 0.0345. The van der Waals surface area contributed by atoms with E-state index in [-0.39, 0.29) is 6.04 Å². The number of hydrogen-bond donors (Lipinski definition) is 2. The van der Waals surface area contributed by atoms with Crippen molar-refractivity contribution >= 4 is 28.5 Å². The Labute approximate surface area is 144 Å². The van der Waals surface area contributed by atoms with E-state index >= 15 is 0 Å². The quantitative estimate of drug-likeness (QED) is 0.756. The first-order valence-corrected chi connectivity index (χ1v) is 8.36. The highest BCUT2D eigenvalue weighted by atomic mass is 35.5. The highest BCUT2D eigenvalue weighted by Gasteiger charge is 2.33. The topological polar surface area (TPSA) is 80.8 Å². The van der Waals surface area contributed by atoms with Gasteiger partial charge >= 0.3 is 0 Å². The zero-order valence-corrected chi connectivity index (χ0v) is 14.1. The van der Waals surface area contributed by atoms with Crippen LogP contribution >= 0.6 is 11.6 Å². The van der Waals surface area contributed by atoms with Gasteiger partial charge in [-0.15, -0.1) is 0 Å². The number of rotatable bonds is 4. The average Bonchev–Trinajstić information content (AvgIpc) is 3.24. The molecule has 126 valence electrons. The molecule has 3 atom stereocenters. The SMILES string of the molecule is Cn1ncc2c(Cl)cc(N[C@@H]3CC(Cn4ccnc4)C[C@H]3O)nc21. The maximum absolute atomic E-state index is 10.4. The van der Waals surface area contributed by atoms with Crippen LogP contribution < -0.4 is 5.32 Å². The van der Waals surface area contributed by atoms with E-state index in [2.05, 4.69) is 25.0 Å². The maximum atomic E-state index is 10.4. The lowest BCUT2D eigenvalue weighted by Crippen LogP contribution is -2.28. The third-order valence-corrected chi connectivity index (χ3v) is 4.96. The number of anilines is 1. The molecule has 0 saturated heterocycles. The van der Waals surface area contributed by atoms with E-state index < -0.39 is 6.10 Å². The van der Waals surface area contributed by atoms with Gasteiger partial charge in [-0.2, -0.15) is 5.10 Å². The average molecular weight is 347 g/mol. The molecule has 2 N–H and O–H groups in total. The molecule has 0 radical (unpaired) electrons. The molecule has 1 fully saturated rings. The van der Waals surface area contributed by atoms with Gasteiger partial charge in [0, 0.05) is 26.0 Å². The van der Waals surface area contributed by atoms with Crippen LogP contribution in [0.1, 0.15) is 12.8 Å². The van der Waals surface area contributed by atoms with Gasteiger partial charge in [-0.3, -0.25) is 4.68 Å². The molecule has 4 rings (SSSR count). The standard InChI is InChI=1S/C16H19ClN6O/c1-22-16-11(7-19-22)12(17)6-15(21-16)20-13-4-10(5-14(13)24)8-23-3-2-18-9-23/h2-3,6-7,9-10,13-14,24H,4-5,8H2,1H3,(H,20,21)/t10?,13-,14-/m1/s1. The molecule has 1 saturated carbocycles. The number of aromatic nitrogens is 5. The Balaban J connectivity index is 1.49. The third kappa shape index (κ3) is 2.85. The molecule has 3 aromatic rings. The van der Waals surface area contributed by atoms with Crippen molar-refractivity contribution in [2.75, 3.05) is 5.32 Å². The molecular weight excluding hydrogens is 328 g/mol. The Morgan fingerprint density at radius 3 is 3.08 bits per heavy atom. The number of aliphatic hydroxyl groups is 1. The molecule has 0 aliphatic heterocycles. The monoisotopic (exact) mass is 346 g/mol. The molecule has 3 heterocycles. The maximum Gasteiger partial charge on any atom is 0.161 e. The van der Waals surface area contributed by atoms with Crippen LogP contribution in [0.3, 0.4) is 0 Å². The fourth-order valence-electron chi connectivity index (χ4n) is 3.46. The number of aryl methyl sites for hydroxylation is 1. The van der Waals surface area contributed by atoms with Gasteiger partial charge in [0.2, 0.25) is 0 Å². The zero-order chi connectivity index (χ0) is 16.7. The first-order chi connectivity index (χ1) is 11.6. The van der Waals surface area contributed by atoms with Crippen LogP contribution in [0.4, 0.5) is 5.82 Å². The molecule has 1 aliphatic carbocycles. The van der Waals surface area contributed by atoms with Gasteiger partial charge in [-0.25, -0.2) is 9.97 Å². The van der Waals surface area contributed by atoms with Crippen LogP contribution in [0, 0.1) is 5.92 Å². The first kappa shape index (κ1) is 15.4. The molecule has 24 heavy (non-hydrogen) atoms. The highest BCUT2D eigenvalue weighted by Crippen LogP contribution is 2.31. The van der Waals surface area contributed by atoms with Gasteiger partial charge in [0.15, 0.2) is 5.65 Å². The zero-order valence-electron chi connectivity index (χ0n) is 13.3. The largest absolute Gasteiger partial charge is 0.391 e. The smallest absolute Gasteiger partial charge is 0.161 e. The van der Waals surface area contributed by atoms with E-state index in [9.17, 15) is 5.11 Å². The fraction of sp³-hybridized carbons (Fsp3) is 0.438. The summed E-state index contributed by atoms with van der Waals surface area (Å²) in [7, 11) is 1.83. The summed E-state index contributed by atoms with van der Waals surface area (Å²) in [5.74, 6) is 1.08. The van der Waals surface area contributed by atoms with Crippen molar-refractivity contribution in [3.63, 3.8) is 0 Å². The lowest BCUT2D eigenvalue weighted by molar-refractivity contribution is 0.166. The number of pyridine rings is 1. The molecular formula is C16H19ClN6O. The van der Waals surface area contributed by atoms with Crippen molar-refractivity contribution in [1.82, 2.24) is 24.3 Å². The van der Waals surface area contributed by atoms with Gasteiger partial charge in [0.1, 0.15) is 5.82 Å². The number of nitrogens with zero attached hydrogens (tertiary/aromatic N) is 5. The van der Waals surface area contributed by atoms with Crippen molar-refractivity contribution in [3.8, 4) is 0 Å². The summed E-state index contributed by atoms with van der Waals surface area (Å²) >= 11 is 6.31. The number of fused-ring (bicyclic) bond motifs is 1. The number of hydrogen-bond acceptors (Lipinski definition) is 5. The molecule has 8 heteroatoms. The van der Waals surface area contributed by atoms with Crippen LogP contribution in [-0.2, 0) is 13.6 Å². The van der Waals surface area contributed by atoms with Gasteiger partial charge in [-0.1, -0.05) is 11.6 Å². The number of nitrogens with one attached hydrogen (secondary N) is 1. The Morgan fingerprint density at radius 1 is 1.42 bits per heavy atom. The molecule has 7 nitrogen and oxygen atoms in total. The minimum atomic E-state index is -0.402. The van der Waals surface area contributed by atoms with Crippen molar-refractivity contribution in [1.29, 1.82) is 0 Å². The lowest BCUT2D eigenvalue weighted by atomic mass is 10.1. The van der Waals surface area contributed by atoms with Crippen LogP contribution in [0.5, 0.6) is 0 Å². The molecule has 3 aromatic heterocycles. The number of halogens is 1. The Kier molecular flexibility index (Phi) is 3.90. The summed E-state index contributed by atoms with van der Waals surface area (Å²) in [5.41, 5.74) is 0.729. The number of aliphatic hydroxyl groups excluding tert-OH is 1. The van der Waals surface area contributed by atoms with E-state index in [1.807, 2.05) is 19.6 Å². The molecule has 0 amide bonds. The summed E-state index contributed by atoms with van der Waals surface area (Å²) in [6.07, 6.45) is 8.48. The third-order valence-electron chi connectivity index (χ3n) is 4.64. The van der Waals surface area contributed by atoms with E-state index in [0.717, 1.165) is 30.4 Å². The first-order valence-electron chi connectivity index (χ1n) is 7.99. The normalized spacial score (nSPS) is 23.9. The van der Waals surface area contributed by atoms with Crippen LogP contribution in [0.2, 0.25) is 5.02 Å². The van der Waals surface area contributed by atoms with Gasteiger partial charge in [0.25, 0.3) is 0 Å². The molecule has 1 aliphatic rings. The summed E-state index contributed by atoms with van der Waals surface area (Å²) in [6.45, 7) is 0.865. The van der Waals surface area contributed by atoms with Crippen molar-refractivity contribution in [3.05, 3.63) is 36.0 Å². The van der Waals surface area contributed by atoms with Crippen LogP contribution in [-0.4, -0.2) is 41.6 Å². The predicted molar refractivity (Wildman–Crippen MR) is 91.9 cm³/mol. The summed E-state index contributed by atoms with van der Waals surface area (Å²) in [6, 6.07) is 1.76. The lowest BCUT2D eigenvalue weighted by Gasteiger charge is -2.17. The Morgan fingerprint density at radius 2 is 2.29 bits per heavy atom. The van der Waals surface area contributed by atoms with Crippen molar-refractivity contribution < 1.29 is 5.11 Å². The van der Waals surface area contributed by atoms with E-state index in [1.54, 1.807) is 23.1 Å². The van der Waals surface area contributed by atoms with Crippen molar-refractivity contribution in [2.24, 2.45) is 13.0 Å². The summed E-state index contributed by atoms with van der Waals surface area (Å²) in [4.78, 5) is 8.64. The van der Waals surface area contributed by atoms with Gasteiger partial charge < -0.3 is 15.0 Å². The summed E-state index contributed by atoms with van der Waals surface area (Å²) < 4.78 is 3.75. The molecule has 0 aromatic carbocycles. The second kappa shape index (κ2) is 6.07. The molecule has 0 bridgehead atoms. The highest BCUT2D eigenvalue weighted by molar-refractivity contribution is 6.35. The van der Waals surface area contributed by atoms with E-state index in [0.29, 0.717) is 16.8 Å². The second-order valence-electron chi connectivity index (χ2n) is 6.41. The van der Waals surface area contributed by atoms with E-state index in [4.69, 9.17) is 11.6 Å². The van der Waals surface area contributed by atoms with Crippen molar-refractivity contribution in [2.45, 2.75) is 31.5 Å². The molecule has 0 spiro atoms. The van der Waals surface area contributed by atoms with Crippen LogP contribution in [0.25, 0.3) is 11.0 Å². The van der Waals surface area contributed by atoms with Gasteiger partial charge in [-0.05, 0) is 24.8 Å². The fourth-order valence-corrected chi connectivity index (χ4v) is 3.69. The van der Waals surface area contributed by atoms with E-state index in [1.165, 1.54) is 0 Å². The Bertz CT molecular complexity index is 846. The van der Waals surface area contributed by atoms with Gasteiger partial charge in [0.05, 0.1) is 35.1 Å². The minimum Gasteiger partial charge on any atom is -0.391 e. The predicted octanol–water partition coefficient (Wildman–Crippen LogP) is 2.07. The molecule has 1 unspecified atom stereocenters.